The number of rotatable bonds is 8. The van der Waals surface area contributed by atoms with Gasteiger partial charge in [0.1, 0.15) is 0 Å². The Balaban J connectivity index is 2.54. The quantitative estimate of drug-likeness (QED) is 0.467. The van der Waals surface area contributed by atoms with Gasteiger partial charge in [0.25, 0.3) is 10.2 Å². The van der Waals surface area contributed by atoms with E-state index in [1.54, 1.807) is 0 Å². The third kappa shape index (κ3) is 6.47. The van der Waals surface area contributed by atoms with Gasteiger partial charge in [-0.1, -0.05) is 11.8 Å². The molecule has 0 aliphatic rings. The summed E-state index contributed by atoms with van der Waals surface area (Å²) in [7, 11) is -2.03. The van der Waals surface area contributed by atoms with E-state index in [4.69, 9.17) is 9.84 Å². The van der Waals surface area contributed by atoms with Crippen LogP contribution in [-0.2, 0) is 21.5 Å². The molecule has 8 heteroatoms. The summed E-state index contributed by atoms with van der Waals surface area (Å²) < 4.78 is 32.8. The highest BCUT2D eigenvalue weighted by Gasteiger charge is 2.10. The van der Waals surface area contributed by atoms with Crippen LogP contribution in [0.2, 0.25) is 0 Å². The summed E-state index contributed by atoms with van der Waals surface area (Å²) in [5, 5.41) is 10.5. The summed E-state index contributed by atoms with van der Waals surface area (Å²) in [6.45, 7) is 0.739. The molecule has 0 saturated heterocycles. The van der Waals surface area contributed by atoms with Gasteiger partial charge in [0.15, 0.2) is 0 Å². The number of thiophene rings is 1. The van der Waals surface area contributed by atoms with Gasteiger partial charge in [-0.2, -0.15) is 17.9 Å². The Labute approximate surface area is 123 Å². The van der Waals surface area contributed by atoms with Gasteiger partial charge in [0.05, 0.1) is 13.2 Å². The minimum absolute atomic E-state index is 0.0164. The maximum Gasteiger partial charge on any atom is 0.277 e. The minimum Gasteiger partial charge on any atom is -0.395 e. The smallest absolute Gasteiger partial charge is 0.277 e. The molecule has 1 aromatic rings. The summed E-state index contributed by atoms with van der Waals surface area (Å²) >= 11 is 1.43. The number of methoxy groups -OCH3 is 1. The lowest BCUT2D eigenvalue weighted by Crippen LogP contribution is -2.37. The second-order valence-corrected chi connectivity index (χ2v) is 6.33. The number of aliphatic hydroxyl groups is 1. The third-order valence-electron chi connectivity index (χ3n) is 2.23. The molecule has 0 aliphatic carbocycles. The molecule has 1 heterocycles. The van der Waals surface area contributed by atoms with Crippen molar-refractivity contribution >= 4 is 21.5 Å². The van der Waals surface area contributed by atoms with E-state index in [0.29, 0.717) is 13.0 Å². The molecular formula is C12H18N2O4S2. The van der Waals surface area contributed by atoms with E-state index < -0.39 is 10.2 Å². The zero-order valence-corrected chi connectivity index (χ0v) is 12.8. The molecule has 6 nitrogen and oxygen atoms in total. The van der Waals surface area contributed by atoms with Crippen molar-refractivity contribution in [1.82, 2.24) is 9.44 Å². The first-order chi connectivity index (χ1) is 9.59. The maximum absolute atomic E-state index is 11.6. The number of aliphatic hydroxyl groups excluding tert-OH is 1. The van der Waals surface area contributed by atoms with E-state index >= 15 is 0 Å². The Morgan fingerprint density at radius 3 is 2.95 bits per heavy atom. The molecule has 0 saturated carbocycles. The van der Waals surface area contributed by atoms with Gasteiger partial charge in [-0.05, 0) is 11.4 Å². The molecule has 1 rings (SSSR count). The van der Waals surface area contributed by atoms with E-state index in [1.165, 1.54) is 18.4 Å². The Kier molecular flexibility index (Phi) is 7.76. The van der Waals surface area contributed by atoms with Crippen LogP contribution in [0.5, 0.6) is 0 Å². The van der Waals surface area contributed by atoms with Crippen molar-refractivity contribution in [3.63, 3.8) is 0 Å². The van der Waals surface area contributed by atoms with Crippen molar-refractivity contribution in [1.29, 1.82) is 0 Å². The molecular weight excluding hydrogens is 300 g/mol. The topological polar surface area (TPSA) is 87.7 Å². The fourth-order valence-electron chi connectivity index (χ4n) is 1.29. The first kappa shape index (κ1) is 17.1. The van der Waals surface area contributed by atoms with Crippen molar-refractivity contribution in [2.75, 3.05) is 26.9 Å². The molecule has 3 N–H and O–H groups in total. The molecule has 0 radical (unpaired) electrons. The average molecular weight is 318 g/mol. The van der Waals surface area contributed by atoms with Crippen LogP contribution in [0.25, 0.3) is 0 Å². The number of hydrogen-bond acceptors (Lipinski definition) is 5. The molecule has 1 aromatic heterocycles. The van der Waals surface area contributed by atoms with E-state index in [2.05, 4.69) is 21.3 Å². The molecule has 112 valence electrons. The average Bonchev–Trinajstić information content (AvgIpc) is 2.85. The van der Waals surface area contributed by atoms with Gasteiger partial charge in [0.2, 0.25) is 0 Å². The summed E-state index contributed by atoms with van der Waals surface area (Å²) in [5.74, 6) is 5.72. The lowest BCUT2D eigenvalue weighted by Gasteiger charge is -2.07. The molecule has 0 amide bonds. The molecule has 0 aliphatic heterocycles. The predicted molar refractivity (Wildman–Crippen MR) is 78.5 cm³/mol. The maximum atomic E-state index is 11.6. The van der Waals surface area contributed by atoms with Crippen LogP contribution < -0.4 is 9.44 Å². The van der Waals surface area contributed by atoms with Gasteiger partial charge in [0, 0.05) is 37.1 Å². The zero-order chi connectivity index (χ0) is 14.8. The predicted octanol–water partition coefficient (Wildman–Crippen LogP) is 0.0524. The Morgan fingerprint density at radius 2 is 2.25 bits per heavy atom. The van der Waals surface area contributed by atoms with Gasteiger partial charge < -0.3 is 9.84 Å². The number of nitrogens with one attached hydrogen (secondary N) is 2. The normalized spacial score (nSPS) is 11.1. The zero-order valence-electron chi connectivity index (χ0n) is 11.2. The lowest BCUT2D eigenvalue weighted by atomic mass is 10.2. The molecule has 0 fully saturated rings. The number of ether oxygens (including phenoxy) is 1. The summed E-state index contributed by atoms with van der Waals surface area (Å²) in [6, 6.07) is 1.83. The second-order valence-electron chi connectivity index (χ2n) is 3.74. The van der Waals surface area contributed by atoms with Gasteiger partial charge in [-0.3, -0.25) is 0 Å². The van der Waals surface area contributed by atoms with Crippen molar-refractivity contribution in [3.05, 3.63) is 21.9 Å². The van der Waals surface area contributed by atoms with Crippen LogP contribution in [-0.4, -0.2) is 40.4 Å². The summed E-state index contributed by atoms with van der Waals surface area (Å²) in [5.41, 5.74) is 0.781. The molecule has 0 aromatic carbocycles. The Morgan fingerprint density at radius 1 is 1.45 bits per heavy atom. The molecule has 0 bridgehead atoms. The third-order valence-corrected chi connectivity index (χ3v) is 4.26. The minimum atomic E-state index is -3.53. The Bertz CT molecular complexity index is 558. The van der Waals surface area contributed by atoms with Crippen LogP contribution in [0.15, 0.2) is 11.4 Å². The fraction of sp³-hybridized carbons (Fsp3) is 0.500. The van der Waals surface area contributed by atoms with Crippen LogP contribution >= 0.6 is 11.3 Å². The fourth-order valence-corrected chi connectivity index (χ4v) is 2.94. The van der Waals surface area contributed by atoms with E-state index in [1.807, 2.05) is 11.4 Å². The van der Waals surface area contributed by atoms with Crippen molar-refractivity contribution in [2.45, 2.75) is 13.0 Å². The van der Waals surface area contributed by atoms with E-state index in [9.17, 15) is 8.42 Å². The van der Waals surface area contributed by atoms with Crippen molar-refractivity contribution in [2.24, 2.45) is 0 Å². The van der Waals surface area contributed by atoms with Crippen LogP contribution in [0.4, 0.5) is 0 Å². The lowest BCUT2D eigenvalue weighted by molar-refractivity contribution is 0.204. The van der Waals surface area contributed by atoms with Gasteiger partial charge in [-0.25, -0.2) is 0 Å². The van der Waals surface area contributed by atoms with E-state index in [-0.39, 0.29) is 19.7 Å². The standard InChI is InChI=1S/C12H18N2O4S2/c1-18-8-6-13-20(16,17)14-10-12-11(5-9-19-12)4-2-3-7-15/h5,9,13-15H,3,6-8,10H2,1H3. The highest BCUT2D eigenvalue weighted by molar-refractivity contribution is 7.87. The van der Waals surface area contributed by atoms with Crippen LogP contribution in [0.1, 0.15) is 16.9 Å². The molecule has 0 unspecified atom stereocenters. The molecule has 20 heavy (non-hydrogen) atoms. The highest BCUT2D eigenvalue weighted by atomic mass is 32.2. The molecule has 0 spiro atoms. The van der Waals surface area contributed by atoms with Crippen molar-refractivity contribution < 1.29 is 18.3 Å². The Hall–Kier alpha value is -0.950. The monoisotopic (exact) mass is 318 g/mol. The second kappa shape index (κ2) is 9.07. The first-order valence-electron chi connectivity index (χ1n) is 5.98. The van der Waals surface area contributed by atoms with Gasteiger partial charge in [-0.15, -0.1) is 11.3 Å². The highest BCUT2D eigenvalue weighted by Crippen LogP contribution is 2.15. The SMILES string of the molecule is COCCNS(=O)(=O)NCc1sccc1C#CCCO. The van der Waals surface area contributed by atoms with Crippen LogP contribution in [0.3, 0.4) is 0 Å². The van der Waals surface area contributed by atoms with Crippen molar-refractivity contribution in [3.8, 4) is 11.8 Å². The largest absolute Gasteiger partial charge is 0.395 e. The van der Waals surface area contributed by atoms with Gasteiger partial charge >= 0.3 is 0 Å². The van der Waals surface area contributed by atoms with Crippen LogP contribution in [0, 0.1) is 11.8 Å². The van der Waals surface area contributed by atoms with E-state index in [0.717, 1.165) is 10.4 Å². The molecule has 0 atom stereocenters. The summed E-state index contributed by atoms with van der Waals surface area (Å²) in [6.07, 6.45) is 0.402. The summed E-state index contributed by atoms with van der Waals surface area (Å²) in [4.78, 5) is 0.840. The number of hydrogen-bond donors (Lipinski definition) is 3. The first-order valence-corrected chi connectivity index (χ1v) is 8.34.